The Labute approximate surface area is 138 Å². The lowest BCUT2D eigenvalue weighted by molar-refractivity contribution is -0.115. The van der Waals surface area contributed by atoms with Gasteiger partial charge < -0.3 is 10.2 Å². The minimum absolute atomic E-state index is 0.157. The molecule has 3 rings (SSSR count). The monoisotopic (exact) mass is 324 g/mol. The summed E-state index contributed by atoms with van der Waals surface area (Å²) >= 11 is 1.13. The fourth-order valence-electron chi connectivity index (χ4n) is 2.24. The fraction of sp³-hybridized carbons (Fsp3) is 0.118. The lowest BCUT2D eigenvalue weighted by Crippen LogP contribution is -2.18. The first kappa shape index (κ1) is 15.3. The Morgan fingerprint density at radius 2 is 1.91 bits per heavy atom. The summed E-state index contributed by atoms with van der Waals surface area (Å²) in [5.41, 5.74) is 4.03. The van der Waals surface area contributed by atoms with Crippen LogP contribution >= 0.6 is 11.8 Å². The maximum atomic E-state index is 11.7. The number of hydrogen-bond donors (Lipinski definition) is 2. The van der Waals surface area contributed by atoms with E-state index in [0.29, 0.717) is 4.91 Å². The Balaban J connectivity index is 1.89. The van der Waals surface area contributed by atoms with E-state index >= 15 is 0 Å². The van der Waals surface area contributed by atoms with Crippen molar-refractivity contribution in [3.05, 3.63) is 53.2 Å². The van der Waals surface area contributed by atoms with Gasteiger partial charge in [-0.25, -0.2) is 0 Å². The molecule has 0 saturated carbocycles. The van der Waals surface area contributed by atoms with Crippen LogP contribution in [0.4, 0.5) is 5.69 Å². The van der Waals surface area contributed by atoms with E-state index in [4.69, 9.17) is 5.41 Å². The molecule has 0 bridgehead atoms. The third-order valence-corrected chi connectivity index (χ3v) is 4.27. The Bertz CT molecular complexity index is 796. The summed E-state index contributed by atoms with van der Waals surface area (Å²) in [5, 5.41) is 10.1. The smallest absolute Gasteiger partial charge is 0.264 e. The number of carbonyl (C=O) groups is 1. The molecule has 0 unspecified atom stereocenters. The van der Waals surface area contributed by atoms with E-state index in [-0.39, 0.29) is 11.1 Å². The Morgan fingerprint density at radius 1 is 1.17 bits per heavy atom. The van der Waals surface area contributed by atoms with Crippen molar-refractivity contribution in [2.45, 2.75) is 0 Å². The van der Waals surface area contributed by atoms with Crippen LogP contribution in [0.1, 0.15) is 5.56 Å². The summed E-state index contributed by atoms with van der Waals surface area (Å²) < 4.78 is 0. The van der Waals surface area contributed by atoms with Gasteiger partial charge >= 0.3 is 0 Å². The second kappa shape index (κ2) is 6.26. The lowest BCUT2D eigenvalue weighted by atomic mass is 10.1. The molecule has 1 fully saturated rings. The summed E-state index contributed by atoms with van der Waals surface area (Å²) in [6.45, 7) is 0. The number of carbonyl (C=O) groups excluding carboxylic acids is 1. The molecule has 0 radical (unpaired) electrons. The van der Waals surface area contributed by atoms with Crippen molar-refractivity contribution in [1.82, 2.24) is 10.3 Å². The molecule has 6 heteroatoms. The number of amides is 1. The number of rotatable bonds is 3. The maximum Gasteiger partial charge on any atom is 0.264 e. The Hall–Kier alpha value is -2.60. The first-order chi connectivity index (χ1) is 11.0. The van der Waals surface area contributed by atoms with Crippen molar-refractivity contribution in [2.75, 3.05) is 19.0 Å². The Kier molecular flexibility index (Phi) is 4.16. The SMILES string of the molecule is CN(C)c1ccc(-c2cncc(/C=C3\SC(=N)NC3=O)c2)cc1. The van der Waals surface area contributed by atoms with E-state index < -0.39 is 0 Å². The number of nitrogens with one attached hydrogen (secondary N) is 2. The molecule has 0 spiro atoms. The van der Waals surface area contributed by atoms with Gasteiger partial charge in [0, 0.05) is 37.7 Å². The van der Waals surface area contributed by atoms with Crippen molar-refractivity contribution in [2.24, 2.45) is 0 Å². The molecule has 5 nitrogen and oxygen atoms in total. The third-order valence-electron chi connectivity index (χ3n) is 3.44. The van der Waals surface area contributed by atoms with E-state index in [1.165, 1.54) is 0 Å². The number of nitrogens with zero attached hydrogens (tertiary/aromatic N) is 2. The number of anilines is 1. The average Bonchev–Trinajstić information content (AvgIpc) is 2.85. The molecule has 2 aromatic rings. The normalized spacial score (nSPS) is 15.8. The minimum atomic E-state index is -0.235. The molecule has 1 amide bonds. The predicted molar refractivity (Wildman–Crippen MR) is 95.4 cm³/mol. The molecule has 1 aromatic carbocycles. The number of thioether (sulfide) groups is 1. The molecule has 2 N–H and O–H groups in total. The predicted octanol–water partition coefficient (Wildman–Crippen LogP) is 2.95. The molecule has 116 valence electrons. The van der Waals surface area contributed by atoms with E-state index in [2.05, 4.69) is 34.6 Å². The number of pyridine rings is 1. The summed E-state index contributed by atoms with van der Waals surface area (Å²) in [4.78, 5) is 18.5. The van der Waals surface area contributed by atoms with E-state index in [1.807, 2.05) is 25.1 Å². The molecule has 1 aromatic heterocycles. The first-order valence-corrected chi connectivity index (χ1v) is 7.87. The van der Waals surface area contributed by atoms with Crippen molar-refractivity contribution >= 4 is 34.6 Å². The van der Waals surface area contributed by atoms with Crippen molar-refractivity contribution < 1.29 is 4.79 Å². The number of amidine groups is 1. The zero-order valence-corrected chi connectivity index (χ0v) is 13.6. The van der Waals surface area contributed by atoms with Crippen LogP contribution in [-0.4, -0.2) is 30.2 Å². The molecular weight excluding hydrogens is 308 g/mol. The fourth-order valence-corrected chi connectivity index (χ4v) is 2.94. The van der Waals surface area contributed by atoms with Crippen LogP contribution in [-0.2, 0) is 4.79 Å². The molecule has 2 heterocycles. The molecule has 1 saturated heterocycles. The van der Waals surface area contributed by atoms with Crippen molar-refractivity contribution in [1.29, 1.82) is 5.41 Å². The van der Waals surface area contributed by atoms with Gasteiger partial charge in [0.05, 0.1) is 4.91 Å². The number of benzene rings is 1. The second-order valence-electron chi connectivity index (χ2n) is 5.34. The number of hydrogen-bond acceptors (Lipinski definition) is 5. The molecule has 0 aliphatic carbocycles. The zero-order chi connectivity index (χ0) is 16.4. The van der Waals surface area contributed by atoms with E-state index in [0.717, 1.165) is 34.1 Å². The van der Waals surface area contributed by atoms with Gasteiger partial charge in [-0.3, -0.25) is 15.2 Å². The second-order valence-corrected chi connectivity index (χ2v) is 6.39. The summed E-state index contributed by atoms with van der Waals surface area (Å²) in [7, 11) is 4.01. The van der Waals surface area contributed by atoms with Crippen LogP contribution in [0.3, 0.4) is 0 Å². The third kappa shape index (κ3) is 3.43. The van der Waals surface area contributed by atoms with E-state index in [1.54, 1.807) is 18.5 Å². The minimum Gasteiger partial charge on any atom is -0.378 e. The van der Waals surface area contributed by atoms with Crippen LogP contribution in [0.25, 0.3) is 17.2 Å². The first-order valence-electron chi connectivity index (χ1n) is 7.05. The summed E-state index contributed by atoms with van der Waals surface area (Å²) in [6, 6.07) is 10.2. The maximum absolute atomic E-state index is 11.7. The standard InChI is InChI=1S/C17H16N4OS/c1-21(2)14-5-3-12(4-6-14)13-7-11(9-19-10-13)8-15-16(22)20-17(18)23-15/h3-10H,1-2H3,(H2,18,20,22)/b15-8-. The van der Waals surface area contributed by atoms with Crippen LogP contribution in [0.15, 0.2) is 47.6 Å². The van der Waals surface area contributed by atoms with Gasteiger partial charge in [0.15, 0.2) is 5.17 Å². The zero-order valence-electron chi connectivity index (χ0n) is 12.8. The highest BCUT2D eigenvalue weighted by molar-refractivity contribution is 8.18. The molecule has 0 atom stereocenters. The van der Waals surface area contributed by atoms with Crippen LogP contribution < -0.4 is 10.2 Å². The van der Waals surface area contributed by atoms with Gasteiger partial charge in [0.1, 0.15) is 0 Å². The van der Waals surface area contributed by atoms with Crippen LogP contribution in [0, 0.1) is 5.41 Å². The van der Waals surface area contributed by atoms with Gasteiger partial charge in [0.25, 0.3) is 5.91 Å². The van der Waals surface area contributed by atoms with Gasteiger partial charge in [-0.2, -0.15) is 0 Å². The Morgan fingerprint density at radius 3 is 2.52 bits per heavy atom. The lowest BCUT2D eigenvalue weighted by Gasteiger charge is -2.12. The van der Waals surface area contributed by atoms with Crippen LogP contribution in [0.2, 0.25) is 0 Å². The largest absolute Gasteiger partial charge is 0.378 e. The highest BCUT2D eigenvalue weighted by Gasteiger charge is 2.22. The highest BCUT2D eigenvalue weighted by atomic mass is 32.2. The number of aromatic nitrogens is 1. The summed E-state index contributed by atoms with van der Waals surface area (Å²) in [6.07, 6.45) is 5.27. The van der Waals surface area contributed by atoms with Crippen molar-refractivity contribution in [3.8, 4) is 11.1 Å². The molecule has 23 heavy (non-hydrogen) atoms. The summed E-state index contributed by atoms with van der Waals surface area (Å²) in [5.74, 6) is -0.235. The molecule has 1 aliphatic rings. The van der Waals surface area contributed by atoms with Gasteiger partial charge in [-0.05, 0) is 47.2 Å². The highest BCUT2D eigenvalue weighted by Crippen LogP contribution is 2.27. The topological polar surface area (TPSA) is 69.1 Å². The van der Waals surface area contributed by atoms with Gasteiger partial charge in [0.2, 0.25) is 0 Å². The van der Waals surface area contributed by atoms with Gasteiger partial charge in [-0.1, -0.05) is 12.1 Å². The molecular formula is C17H16N4OS. The van der Waals surface area contributed by atoms with Crippen molar-refractivity contribution in [3.63, 3.8) is 0 Å². The van der Waals surface area contributed by atoms with E-state index in [9.17, 15) is 4.79 Å². The van der Waals surface area contributed by atoms with Crippen LogP contribution in [0.5, 0.6) is 0 Å². The average molecular weight is 324 g/mol. The van der Waals surface area contributed by atoms with Gasteiger partial charge in [-0.15, -0.1) is 0 Å². The molecule has 1 aliphatic heterocycles. The quantitative estimate of drug-likeness (QED) is 0.852.